The van der Waals surface area contributed by atoms with E-state index in [1.54, 1.807) is 6.07 Å². The molecule has 1 saturated carbocycles. The Morgan fingerprint density at radius 2 is 1.52 bits per heavy atom. The number of rotatable bonds is 9. The standard InChI is InChI=1S/C30H39F/c1-3-5-6-7-8-10-24-11-13-25(14-12-24)15-16-26-17-19-27(20-18-26)29-22-21-28(9-4-2)30(31)23-29/h17-25H,3-14H2,1-2H3. The van der Waals surface area contributed by atoms with Gasteiger partial charge in [0.25, 0.3) is 0 Å². The molecule has 0 N–H and O–H groups in total. The molecule has 2 aromatic carbocycles. The van der Waals surface area contributed by atoms with Crippen LogP contribution in [0.25, 0.3) is 11.1 Å². The maximum Gasteiger partial charge on any atom is 0.127 e. The molecule has 1 aliphatic rings. The molecule has 0 radical (unpaired) electrons. The SMILES string of the molecule is CCCCCCCC1CCC(C#Cc2ccc(-c3ccc(CCC)c(F)c3)cc2)CC1. The van der Waals surface area contributed by atoms with Crippen LogP contribution in [0.4, 0.5) is 4.39 Å². The van der Waals surface area contributed by atoms with Gasteiger partial charge in [-0.1, -0.05) is 94.9 Å². The van der Waals surface area contributed by atoms with Crippen LogP contribution in [0.5, 0.6) is 0 Å². The molecule has 2 aromatic rings. The quantitative estimate of drug-likeness (QED) is 0.281. The molecule has 166 valence electrons. The molecular weight excluding hydrogens is 379 g/mol. The Bertz CT molecular complexity index is 844. The molecule has 1 heteroatoms. The molecule has 0 aliphatic heterocycles. The summed E-state index contributed by atoms with van der Waals surface area (Å²) < 4.78 is 14.3. The Morgan fingerprint density at radius 1 is 0.806 bits per heavy atom. The lowest BCUT2D eigenvalue weighted by Gasteiger charge is -2.25. The molecule has 0 bridgehead atoms. The van der Waals surface area contributed by atoms with Crippen molar-refractivity contribution in [3.63, 3.8) is 0 Å². The van der Waals surface area contributed by atoms with E-state index >= 15 is 0 Å². The summed E-state index contributed by atoms with van der Waals surface area (Å²) in [5.74, 6) is 8.30. The number of hydrogen-bond donors (Lipinski definition) is 0. The summed E-state index contributed by atoms with van der Waals surface area (Å²) in [5, 5.41) is 0. The number of benzene rings is 2. The fraction of sp³-hybridized carbons (Fsp3) is 0.533. The molecular formula is C30H39F. The van der Waals surface area contributed by atoms with Crippen LogP contribution in [0, 0.1) is 29.5 Å². The third kappa shape index (κ3) is 7.53. The summed E-state index contributed by atoms with van der Waals surface area (Å²) in [5.41, 5.74) is 3.85. The van der Waals surface area contributed by atoms with Gasteiger partial charge in [-0.25, -0.2) is 4.39 Å². The van der Waals surface area contributed by atoms with Gasteiger partial charge in [-0.2, -0.15) is 0 Å². The monoisotopic (exact) mass is 418 g/mol. The molecule has 0 spiro atoms. The van der Waals surface area contributed by atoms with Gasteiger partial charge in [0, 0.05) is 11.5 Å². The largest absolute Gasteiger partial charge is 0.207 e. The van der Waals surface area contributed by atoms with Crippen LogP contribution in [0.3, 0.4) is 0 Å². The van der Waals surface area contributed by atoms with Crippen molar-refractivity contribution in [3.05, 3.63) is 59.4 Å². The minimum Gasteiger partial charge on any atom is -0.207 e. The molecule has 1 aliphatic carbocycles. The first-order chi connectivity index (χ1) is 15.2. The zero-order valence-corrected chi connectivity index (χ0v) is 19.6. The van der Waals surface area contributed by atoms with Crippen molar-refractivity contribution in [1.29, 1.82) is 0 Å². The highest BCUT2D eigenvalue weighted by Crippen LogP contribution is 2.32. The van der Waals surface area contributed by atoms with Crippen LogP contribution in [0.2, 0.25) is 0 Å². The molecule has 0 saturated heterocycles. The van der Waals surface area contributed by atoms with Gasteiger partial charge in [0.1, 0.15) is 5.82 Å². The van der Waals surface area contributed by atoms with E-state index in [2.05, 4.69) is 50.0 Å². The van der Waals surface area contributed by atoms with Gasteiger partial charge in [0.2, 0.25) is 0 Å². The van der Waals surface area contributed by atoms with Crippen molar-refractivity contribution in [2.24, 2.45) is 11.8 Å². The second-order valence-corrected chi connectivity index (χ2v) is 9.32. The number of aryl methyl sites for hydroxylation is 1. The van der Waals surface area contributed by atoms with Crippen LogP contribution in [-0.2, 0) is 6.42 Å². The van der Waals surface area contributed by atoms with Gasteiger partial charge in [0.05, 0.1) is 0 Å². The lowest BCUT2D eigenvalue weighted by Crippen LogP contribution is -2.13. The highest BCUT2D eigenvalue weighted by atomic mass is 19.1. The highest BCUT2D eigenvalue weighted by molar-refractivity contribution is 5.65. The molecule has 0 aromatic heterocycles. The molecule has 0 atom stereocenters. The lowest BCUT2D eigenvalue weighted by atomic mass is 9.80. The van der Waals surface area contributed by atoms with Crippen LogP contribution in [0.1, 0.15) is 95.6 Å². The summed E-state index contributed by atoms with van der Waals surface area (Å²) >= 11 is 0. The molecule has 1 fully saturated rings. The number of hydrogen-bond acceptors (Lipinski definition) is 0. The first kappa shape index (κ1) is 23.6. The summed E-state index contributed by atoms with van der Waals surface area (Å²) in [6.07, 6.45) is 15.4. The summed E-state index contributed by atoms with van der Waals surface area (Å²) in [6, 6.07) is 13.9. The molecule has 0 heterocycles. The smallest absolute Gasteiger partial charge is 0.127 e. The van der Waals surface area contributed by atoms with E-state index in [4.69, 9.17) is 0 Å². The Balaban J connectivity index is 1.47. The fourth-order valence-corrected chi connectivity index (χ4v) is 4.76. The highest BCUT2D eigenvalue weighted by Gasteiger charge is 2.19. The Morgan fingerprint density at radius 3 is 2.19 bits per heavy atom. The van der Waals surface area contributed by atoms with E-state index in [-0.39, 0.29) is 5.82 Å². The lowest BCUT2D eigenvalue weighted by molar-refractivity contribution is 0.294. The van der Waals surface area contributed by atoms with E-state index in [1.807, 2.05) is 12.1 Å². The van der Waals surface area contributed by atoms with E-state index in [0.717, 1.165) is 41.0 Å². The maximum absolute atomic E-state index is 14.3. The normalized spacial score (nSPS) is 18.4. The third-order valence-corrected chi connectivity index (χ3v) is 6.77. The molecule has 0 amide bonds. The summed E-state index contributed by atoms with van der Waals surface area (Å²) in [6.45, 7) is 4.36. The van der Waals surface area contributed by atoms with Crippen molar-refractivity contribution in [3.8, 4) is 23.0 Å². The van der Waals surface area contributed by atoms with Crippen molar-refractivity contribution in [2.45, 2.75) is 90.9 Å². The number of halogens is 1. The van der Waals surface area contributed by atoms with Gasteiger partial charge < -0.3 is 0 Å². The van der Waals surface area contributed by atoms with Gasteiger partial charge >= 0.3 is 0 Å². The van der Waals surface area contributed by atoms with Crippen molar-refractivity contribution < 1.29 is 4.39 Å². The average molecular weight is 419 g/mol. The first-order valence-electron chi connectivity index (χ1n) is 12.6. The van der Waals surface area contributed by atoms with Crippen LogP contribution < -0.4 is 0 Å². The van der Waals surface area contributed by atoms with Gasteiger partial charge in [-0.3, -0.25) is 0 Å². The van der Waals surface area contributed by atoms with Crippen molar-refractivity contribution in [1.82, 2.24) is 0 Å². The minimum absolute atomic E-state index is 0.0974. The van der Waals surface area contributed by atoms with Crippen LogP contribution in [-0.4, -0.2) is 0 Å². The predicted molar refractivity (Wildman–Crippen MR) is 132 cm³/mol. The molecule has 31 heavy (non-hydrogen) atoms. The zero-order valence-electron chi connectivity index (χ0n) is 19.6. The average Bonchev–Trinajstić information content (AvgIpc) is 2.80. The third-order valence-electron chi connectivity index (χ3n) is 6.77. The van der Waals surface area contributed by atoms with Gasteiger partial charge in [-0.15, -0.1) is 0 Å². The zero-order chi connectivity index (χ0) is 21.9. The molecule has 0 nitrogen and oxygen atoms in total. The van der Waals surface area contributed by atoms with Gasteiger partial charge in [0.15, 0.2) is 0 Å². The number of unbranched alkanes of at least 4 members (excludes halogenated alkanes) is 4. The van der Waals surface area contributed by atoms with E-state index < -0.39 is 0 Å². The summed E-state index contributed by atoms with van der Waals surface area (Å²) in [4.78, 5) is 0. The fourth-order valence-electron chi connectivity index (χ4n) is 4.76. The van der Waals surface area contributed by atoms with E-state index in [9.17, 15) is 4.39 Å². The first-order valence-corrected chi connectivity index (χ1v) is 12.6. The van der Waals surface area contributed by atoms with Crippen molar-refractivity contribution in [2.75, 3.05) is 0 Å². The second kappa shape index (κ2) is 12.7. The Labute approximate surface area is 189 Å². The van der Waals surface area contributed by atoms with E-state index in [0.29, 0.717) is 5.92 Å². The summed E-state index contributed by atoms with van der Waals surface area (Å²) in [7, 11) is 0. The predicted octanol–water partition coefficient (Wildman–Crippen LogP) is 8.96. The van der Waals surface area contributed by atoms with Crippen LogP contribution >= 0.6 is 0 Å². The van der Waals surface area contributed by atoms with Crippen LogP contribution in [0.15, 0.2) is 42.5 Å². The maximum atomic E-state index is 14.3. The van der Waals surface area contributed by atoms with Gasteiger partial charge in [-0.05, 0) is 72.9 Å². The molecule has 3 rings (SSSR count). The minimum atomic E-state index is -0.0974. The molecule has 0 unspecified atom stereocenters. The second-order valence-electron chi connectivity index (χ2n) is 9.32. The topological polar surface area (TPSA) is 0 Å². The Hall–Kier alpha value is -2.07. The Kier molecular flexibility index (Phi) is 9.67. The van der Waals surface area contributed by atoms with E-state index in [1.165, 1.54) is 64.2 Å². The van der Waals surface area contributed by atoms with Crippen molar-refractivity contribution >= 4 is 0 Å².